The topological polar surface area (TPSA) is 132 Å². The largest absolute Gasteiger partial charge is 0.366 e. The van der Waals surface area contributed by atoms with E-state index in [-0.39, 0.29) is 11.3 Å². The van der Waals surface area contributed by atoms with E-state index in [1.165, 1.54) is 29.2 Å². The molecule has 9 nitrogen and oxygen atoms in total. The Hall–Kier alpha value is -3.23. The third kappa shape index (κ3) is 1.68. The Morgan fingerprint density at radius 3 is 2.85 bits per heavy atom. The van der Waals surface area contributed by atoms with E-state index in [0.29, 0.717) is 16.6 Å². The van der Waals surface area contributed by atoms with E-state index in [0.717, 1.165) is 0 Å². The number of carbonyl (C=O) groups is 1. The van der Waals surface area contributed by atoms with Crippen LogP contribution in [0.3, 0.4) is 0 Å². The number of fused-ring (bicyclic) bond motifs is 1. The molecular formula is C11H8N6O3. The second-order valence-electron chi connectivity index (χ2n) is 4.07. The predicted molar refractivity (Wildman–Crippen MR) is 67.9 cm³/mol. The van der Waals surface area contributed by atoms with Gasteiger partial charge < -0.3 is 5.73 Å². The van der Waals surface area contributed by atoms with Gasteiger partial charge in [0.25, 0.3) is 11.6 Å². The molecule has 1 amide bonds. The fourth-order valence-corrected chi connectivity index (χ4v) is 2.02. The highest BCUT2D eigenvalue weighted by molar-refractivity contribution is 6.03. The summed E-state index contributed by atoms with van der Waals surface area (Å²) in [5.41, 5.74) is 6.84. The van der Waals surface area contributed by atoms with Gasteiger partial charge >= 0.3 is 0 Å². The molecule has 3 aromatic heterocycles. The van der Waals surface area contributed by atoms with Crippen LogP contribution >= 0.6 is 0 Å². The molecule has 0 saturated heterocycles. The summed E-state index contributed by atoms with van der Waals surface area (Å²) in [6, 6.07) is 1.34. The molecule has 0 spiro atoms. The Morgan fingerprint density at radius 2 is 2.25 bits per heavy atom. The first kappa shape index (κ1) is 11.8. The molecule has 100 valence electrons. The van der Waals surface area contributed by atoms with Crippen LogP contribution in [0.2, 0.25) is 0 Å². The van der Waals surface area contributed by atoms with Gasteiger partial charge in [-0.05, 0) is 0 Å². The maximum absolute atomic E-state index is 11.5. The van der Waals surface area contributed by atoms with Crippen molar-refractivity contribution < 1.29 is 9.72 Å². The van der Waals surface area contributed by atoms with E-state index in [9.17, 15) is 14.9 Å². The summed E-state index contributed by atoms with van der Waals surface area (Å²) in [6.07, 6.45) is 5.62. The second-order valence-corrected chi connectivity index (χ2v) is 4.07. The number of aromatic nitrogens is 4. The van der Waals surface area contributed by atoms with Crippen LogP contribution in [0.5, 0.6) is 0 Å². The number of nitrogens with zero attached hydrogens (tertiary/aromatic N) is 4. The third-order valence-corrected chi connectivity index (χ3v) is 2.89. The Morgan fingerprint density at radius 1 is 1.45 bits per heavy atom. The van der Waals surface area contributed by atoms with Crippen molar-refractivity contribution in [1.29, 1.82) is 0 Å². The molecule has 0 atom stereocenters. The zero-order valence-corrected chi connectivity index (χ0v) is 9.98. The first-order valence-electron chi connectivity index (χ1n) is 5.52. The van der Waals surface area contributed by atoms with Gasteiger partial charge in [-0.3, -0.25) is 20.0 Å². The minimum atomic E-state index is -0.667. The Balaban J connectivity index is 2.39. The first-order valence-corrected chi connectivity index (χ1v) is 5.52. The van der Waals surface area contributed by atoms with Crippen LogP contribution in [0.1, 0.15) is 10.4 Å². The summed E-state index contributed by atoms with van der Waals surface area (Å²) in [4.78, 5) is 21.8. The van der Waals surface area contributed by atoms with Gasteiger partial charge in [-0.1, -0.05) is 0 Å². The number of nitrogens with two attached hydrogens (primary N) is 1. The standard InChI is InChI=1S/C11H8N6O3/c12-11(18)8-4-15-16-5-7(17(19)20)1-9(16)10(8)6-2-13-14-3-6/h1-5H,(H2,12,18)(H,13,14). The highest BCUT2D eigenvalue weighted by Gasteiger charge is 2.19. The van der Waals surface area contributed by atoms with Crippen LogP contribution in [0.25, 0.3) is 16.6 Å². The van der Waals surface area contributed by atoms with E-state index >= 15 is 0 Å². The highest BCUT2D eigenvalue weighted by Crippen LogP contribution is 2.30. The molecule has 0 aromatic carbocycles. The SMILES string of the molecule is NC(=O)c1cnn2cc([N+](=O)[O-])cc2c1-c1cn[nH]c1. The van der Waals surface area contributed by atoms with Crippen molar-refractivity contribution in [3.8, 4) is 11.1 Å². The molecule has 9 heteroatoms. The molecule has 20 heavy (non-hydrogen) atoms. The monoisotopic (exact) mass is 272 g/mol. The Bertz CT molecular complexity index is 820. The van der Waals surface area contributed by atoms with Gasteiger partial charge in [-0.25, -0.2) is 4.52 Å². The number of nitro groups is 1. The number of hydrogen-bond acceptors (Lipinski definition) is 5. The third-order valence-electron chi connectivity index (χ3n) is 2.89. The summed E-state index contributed by atoms with van der Waals surface area (Å²) < 4.78 is 1.33. The van der Waals surface area contributed by atoms with E-state index in [2.05, 4.69) is 15.3 Å². The van der Waals surface area contributed by atoms with Gasteiger partial charge in [0.15, 0.2) is 0 Å². The minimum Gasteiger partial charge on any atom is -0.366 e. The van der Waals surface area contributed by atoms with E-state index in [1.54, 1.807) is 6.20 Å². The number of primary amides is 1. The van der Waals surface area contributed by atoms with E-state index < -0.39 is 10.8 Å². The summed E-state index contributed by atoms with van der Waals surface area (Å²) >= 11 is 0. The lowest BCUT2D eigenvalue weighted by molar-refractivity contribution is -0.384. The van der Waals surface area contributed by atoms with Crippen molar-refractivity contribution in [2.75, 3.05) is 0 Å². The number of amides is 1. The zero-order valence-electron chi connectivity index (χ0n) is 9.98. The van der Waals surface area contributed by atoms with E-state index in [4.69, 9.17) is 5.73 Å². The molecular weight excluding hydrogens is 264 g/mol. The maximum atomic E-state index is 11.5. The number of aromatic amines is 1. The van der Waals surface area contributed by atoms with Crippen LogP contribution in [0.4, 0.5) is 5.69 Å². The van der Waals surface area contributed by atoms with Crippen LogP contribution in [-0.4, -0.2) is 30.6 Å². The summed E-state index contributed by atoms with van der Waals surface area (Å²) in [5.74, 6) is -0.667. The van der Waals surface area contributed by atoms with Gasteiger partial charge in [0.2, 0.25) is 0 Å². The zero-order chi connectivity index (χ0) is 14.3. The quantitative estimate of drug-likeness (QED) is 0.535. The number of nitrogens with one attached hydrogen (secondary N) is 1. The predicted octanol–water partition coefficient (Wildman–Crippen LogP) is 0.731. The van der Waals surface area contributed by atoms with E-state index in [1.807, 2.05) is 0 Å². The molecule has 0 aliphatic rings. The first-order chi connectivity index (χ1) is 9.58. The molecule has 3 heterocycles. The van der Waals surface area contributed by atoms with Crippen LogP contribution in [0, 0.1) is 10.1 Å². The van der Waals surface area contributed by atoms with Crippen molar-refractivity contribution in [1.82, 2.24) is 19.8 Å². The summed E-state index contributed by atoms with van der Waals surface area (Å²) in [5, 5.41) is 21.2. The molecule has 0 radical (unpaired) electrons. The molecule has 0 fully saturated rings. The summed E-state index contributed by atoms with van der Waals surface area (Å²) in [7, 11) is 0. The number of hydrogen-bond donors (Lipinski definition) is 2. The van der Waals surface area contributed by atoms with Gasteiger partial charge in [0.1, 0.15) is 6.20 Å². The molecule has 0 saturated carbocycles. The lowest BCUT2D eigenvalue weighted by Gasteiger charge is -2.06. The molecule has 0 bridgehead atoms. The lowest BCUT2D eigenvalue weighted by Crippen LogP contribution is -2.14. The van der Waals surface area contributed by atoms with Crippen molar-refractivity contribution in [2.24, 2.45) is 5.73 Å². The highest BCUT2D eigenvalue weighted by atomic mass is 16.6. The maximum Gasteiger partial charge on any atom is 0.289 e. The fraction of sp³-hybridized carbons (Fsp3) is 0. The molecule has 3 rings (SSSR count). The fourth-order valence-electron chi connectivity index (χ4n) is 2.02. The smallest absolute Gasteiger partial charge is 0.289 e. The van der Waals surface area contributed by atoms with Crippen molar-refractivity contribution in [2.45, 2.75) is 0 Å². The molecule has 0 aliphatic carbocycles. The number of carbonyl (C=O) groups excluding carboxylic acids is 1. The van der Waals surface area contributed by atoms with Crippen molar-refractivity contribution >= 4 is 17.1 Å². The average Bonchev–Trinajstić information content (AvgIpc) is 3.06. The second kappa shape index (κ2) is 4.16. The molecule has 3 aromatic rings. The van der Waals surface area contributed by atoms with Crippen molar-refractivity contribution in [3.63, 3.8) is 0 Å². The number of H-pyrrole nitrogens is 1. The summed E-state index contributed by atoms with van der Waals surface area (Å²) in [6.45, 7) is 0. The molecule has 0 unspecified atom stereocenters. The van der Waals surface area contributed by atoms with Gasteiger partial charge in [-0.2, -0.15) is 10.2 Å². The van der Waals surface area contributed by atoms with Crippen LogP contribution < -0.4 is 5.73 Å². The number of rotatable bonds is 3. The average molecular weight is 272 g/mol. The van der Waals surface area contributed by atoms with Crippen LogP contribution in [0.15, 0.2) is 30.9 Å². The Labute approximate surface area is 111 Å². The lowest BCUT2D eigenvalue weighted by atomic mass is 10.0. The molecule has 0 aliphatic heterocycles. The Kier molecular flexibility index (Phi) is 2.46. The van der Waals surface area contributed by atoms with Gasteiger partial charge in [0.05, 0.1) is 28.4 Å². The van der Waals surface area contributed by atoms with Gasteiger partial charge in [0, 0.05) is 23.4 Å². The minimum absolute atomic E-state index is 0.121. The normalized spacial score (nSPS) is 10.8. The molecule has 3 N–H and O–H groups in total. The van der Waals surface area contributed by atoms with Gasteiger partial charge in [-0.15, -0.1) is 0 Å². The van der Waals surface area contributed by atoms with Crippen LogP contribution in [-0.2, 0) is 0 Å². The van der Waals surface area contributed by atoms with Crippen molar-refractivity contribution in [3.05, 3.63) is 46.5 Å².